The number of sulfone groups is 1. The Morgan fingerprint density at radius 3 is 2.52 bits per heavy atom. The molecule has 1 amide bonds. The van der Waals surface area contributed by atoms with E-state index in [2.05, 4.69) is 9.88 Å². The summed E-state index contributed by atoms with van der Waals surface area (Å²) in [6.45, 7) is 4.56. The van der Waals surface area contributed by atoms with Crippen molar-refractivity contribution < 1.29 is 13.2 Å². The number of aromatic nitrogens is 1. The summed E-state index contributed by atoms with van der Waals surface area (Å²) >= 11 is 7.67. The van der Waals surface area contributed by atoms with Gasteiger partial charge >= 0.3 is 0 Å². The first-order valence-electron chi connectivity index (χ1n) is 10.2. The summed E-state index contributed by atoms with van der Waals surface area (Å²) in [4.78, 5) is 21.6. The van der Waals surface area contributed by atoms with Crippen LogP contribution < -0.4 is 4.90 Å². The van der Waals surface area contributed by atoms with Crippen LogP contribution in [0.3, 0.4) is 0 Å². The number of fused-ring (bicyclic) bond motifs is 1. The Kier molecular flexibility index (Phi) is 6.50. The Hall–Kier alpha value is -2.16. The number of benzene rings is 2. The fourth-order valence-corrected chi connectivity index (χ4v) is 6.21. The highest BCUT2D eigenvalue weighted by Gasteiger charge is 2.23. The highest BCUT2D eigenvalue weighted by molar-refractivity contribution is 7.91. The van der Waals surface area contributed by atoms with E-state index in [9.17, 15) is 13.2 Å². The van der Waals surface area contributed by atoms with Crippen molar-refractivity contribution >= 4 is 54.0 Å². The van der Waals surface area contributed by atoms with Gasteiger partial charge in [-0.2, -0.15) is 0 Å². The number of thiazole rings is 1. The Balaban J connectivity index is 1.27. The number of anilines is 1. The second-order valence-corrected chi connectivity index (χ2v) is 11.3. The number of nitrogens with zero attached hydrogens (tertiary/aromatic N) is 3. The molecule has 31 heavy (non-hydrogen) atoms. The van der Waals surface area contributed by atoms with Gasteiger partial charge in [0.2, 0.25) is 5.91 Å². The van der Waals surface area contributed by atoms with Crippen LogP contribution in [0.2, 0.25) is 5.02 Å². The van der Waals surface area contributed by atoms with Crippen molar-refractivity contribution in [3.05, 3.63) is 53.1 Å². The van der Waals surface area contributed by atoms with E-state index in [1.54, 1.807) is 35.6 Å². The molecule has 6 nitrogen and oxygen atoms in total. The third kappa shape index (κ3) is 5.19. The number of amides is 1. The van der Waals surface area contributed by atoms with Crippen LogP contribution in [-0.4, -0.2) is 56.1 Å². The lowest BCUT2D eigenvalue weighted by Gasteiger charge is -2.34. The van der Waals surface area contributed by atoms with E-state index >= 15 is 0 Å². The molecular formula is C22H24ClN3O3S2. The maximum absolute atomic E-state index is 12.6. The highest BCUT2D eigenvalue weighted by atomic mass is 35.5. The van der Waals surface area contributed by atoms with Gasteiger partial charge in [-0.25, -0.2) is 13.4 Å². The molecule has 2 aromatic carbocycles. The average Bonchev–Trinajstić information content (AvgIpc) is 3.17. The van der Waals surface area contributed by atoms with Gasteiger partial charge < -0.3 is 9.80 Å². The minimum Gasteiger partial charge on any atom is -0.345 e. The van der Waals surface area contributed by atoms with Crippen molar-refractivity contribution in [2.45, 2.75) is 24.7 Å². The molecule has 9 heteroatoms. The topological polar surface area (TPSA) is 70.6 Å². The predicted octanol–water partition coefficient (Wildman–Crippen LogP) is 4.16. The predicted molar refractivity (Wildman–Crippen MR) is 126 cm³/mol. The van der Waals surface area contributed by atoms with E-state index < -0.39 is 9.84 Å². The number of carbonyl (C=O) groups excluding carboxylic acids is 1. The van der Waals surface area contributed by atoms with Crippen molar-refractivity contribution in [2.24, 2.45) is 0 Å². The molecule has 0 atom stereocenters. The van der Waals surface area contributed by atoms with E-state index in [1.165, 1.54) is 0 Å². The van der Waals surface area contributed by atoms with E-state index in [0.717, 1.165) is 20.9 Å². The Morgan fingerprint density at radius 1 is 1.10 bits per heavy atom. The number of hydrogen-bond donors (Lipinski definition) is 0. The summed E-state index contributed by atoms with van der Waals surface area (Å²) in [6.07, 6.45) is 0.568. The number of piperazine rings is 1. The molecular weight excluding hydrogens is 454 g/mol. The molecule has 1 saturated heterocycles. The summed E-state index contributed by atoms with van der Waals surface area (Å²) in [5.41, 5.74) is 1.95. The minimum absolute atomic E-state index is 0.00911. The lowest BCUT2D eigenvalue weighted by Crippen LogP contribution is -2.48. The smallest absolute Gasteiger partial charge is 0.222 e. The SMILES string of the molecule is Cc1ccc(S(=O)(=O)CCCC(=O)N2CCN(c3nc4ccc(Cl)cc4s3)CC2)cc1. The second-order valence-electron chi connectivity index (χ2n) is 7.71. The zero-order valence-electron chi connectivity index (χ0n) is 17.3. The average molecular weight is 478 g/mol. The maximum Gasteiger partial charge on any atom is 0.222 e. The molecule has 0 aliphatic carbocycles. The first-order valence-corrected chi connectivity index (χ1v) is 13.0. The second kappa shape index (κ2) is 9.14. The molecule has 0 radical (unpaired) electrons. The molecule has 1 aliphatic rings. The molecule has 0 unspecified atom stereocenters. The van der Waals surface area contributed by atoms with Crippen LogP contribution in [-0.2, 0) is 14.6 Å². The molecule has 2 heterocycles. The standard InChI is InChI=1S/C22H24ClN3O3S2/c1-16-4-7-18(8-5-16)31(28,29)14-2-3-21(27)25-10-12-26(13-11-25)22-24-19-9-6-17(23)15-20(19)30-22/h4-9,15H,2-3,10-14H2,1H3. The number of halogens is 1. The lowest BCUT2D eigenvalue weighted by atomic mass is 10.2. The van der Waals surface area contributed by atoms with Gasteiger partial charge in [0.15, 0.2) is 15.0 Å². The third-order valence-corrected chi connectivity index (χ3v) is 8.56. The number of aryl methyl sites for hydroxylation is 1. The summed E-state index contributed by atoms with van der Waals surface area (Å²) in [7, 11) is -3.36. The van der Waals surface area contributed by atoms with Crippen molar-refractivity contribution in [3.8, 4) is 0 Å². The Morgan fingerprint density at radius 2 is 1.81 bits per heavy atom. The van der Waals surface area contributed by atoms with Gasteiger partial charge in [0.05, 0.1) is 20.9 Å². The summed E-state index contributed by atoms with van der Waals surface area (Å²) < 4.78 is 26.0. The van der Waals surface area contributed by atoms with Gasteiger partial charge in [-0.05, 0) is 43.7 Å². The monoisotopic (exact) mass is 477 g/mol. The summed E-state index contributed by atoms with van der Waals surface area (Å²) in [5.74, 6) is -0.00872. The van der Waals surface area contributed by atoms with Gasteiger partial charge in [0.1, 0.15) is 0 Å². The van der Waals surface area contributed by atoms with Crippen LogP contribution in [0.4, 0.5) is 5.13 Å². The molecule has 0 saturated carbocycles. The van der Waals surface area contributed by atoms with E-state index in [4.69, 9.17) is 11.6 Å². The first-order chi connectivity index (χ1) is 14.8. The molecule has 4 rings (SSSR count). The first kappa shape index (κ1) is 22.0. The van der Waals surface area contributed by atoms with Crippen LogP contribution in [0.1, 0.15) is 18.4 Å². The Labute approximate surface area is 191 Å². The van der Waals surface area contributed by atoms with Crippen LogP contribution in [0.15, 0.2) is 47.4 Å². The number of carbonyl (C=O) groups is 1. The van der Waals surface area contributed by atoms with Gasteiger partial charge in [-0.1, -0.05) is 40.6 Å². The van der Waals surface area contributed by atoms with Crippen LogP contribution in [0.5, 0.6) is 0 Å². The number of rotatable bonds is 6. The summed E-state index contributed by atoms with van der Waals surface area (Å²) in [6, 6.07) is 12.5. The fourth-order valence-electron chi connectivity index (χ4n) is 3.60. The molecule has 0 spiro atoms. The largest absolute Gasteiger partial charge is 0.345 e. The molecule has 164 valence electrons. The van der Waals surface area contributed by atoms with Crippen molar-refractivity contribution in [3.63, 3.8) is 0 Å². The molecule has 1 aliphatic heterocycles. The van der Waals surface area contributed by atoms with Gasteiger partial charge in [-0.15, -0.1) is 0 Å². The van der Waals surface area contributed by atoms with Crippen LogP contribution in [0, 0.1) is 6.92 Å². The van der Waals surface area contributed by atoms with Gasteiger partial charge in [-0.3, -0.25) is 4.79 Å². The normalized spacial score (nSPS) is 14.9. The minimum atomic E-state index is -3.36. The van der Waals surface area contributed by atoms with Gasteiger partial charge in [0.25, 0.3) is 0 Å². The van der Waals surface area contributed by atoms with Crippen LogP contribution in [0.25, 0.3) is 10.2 Å². The van der Waals surface area contributed by atoms with Crippen molar-refractivity contribution in [1.82, 2.24) is 9.88 Å². The highest BCUT2D eigenvalue weighted by Crippen LogP contribution is 2.31. The molecule has 0 bridgehead atoms. The van der Waals surface area contributed by atoms with Gasteiger partial charge in [0, 0.05) is 37.6 Å². The zero-order chi connectivity index (χ0) is 22.0. The fraction of sp³-hybridized carbons (Fsp3) is 0.364. The zero-order valence-corrected chi connectivity index (χ0v) is 19.6. The Bertz CT molecular complexity index is 1180. The molecule has 3 aromatic rings. The summed E-state index contributed by atoms with van der Waals surface area (Å²) in [5, 5.41) is 1.64. The van der Waals surface area contributed by atoms with Crippen molar-refractivity contribution in [1.29, 1.82) is 0 Å². The van der Waals surface area contributed by atoms with E-state index in [-0.39, 0.29) is 18.1 Å². The molecule has 1 aromatic heterocycles. The van der Waals surface area contributed by atoms with Crippen molar-refractivity contribution in [2.75, 3.05) is 36.8 Å². The quantitative estimate of drug-likeness (QED) is 0.533. The lowest BCUT2D eigenvalue weighted by molar-refractivity contribution is -0.131. The molecule has 1 fully saturated rings. The van der Waals surface area contributed by atoms with E-state index in [0.29, 0.717) is 42.5 Å². The number of hydrogen-bond acceptors (Lipinski definition) is 6. The third-order valence-electron chi connectivity index (χ3n) is 5.43. The maximum atomic E-state index is 12.6. The van der Waals surface area contributed by atoms with Crippen LogP contribution >= 0.6 is 22.9 Å². The molecule has 0 N–H and O–H groups in total. The van der Waals surface area contributed by atoms with E-state index in [1.807, 2.05) is 30.0 Å².